The van der Waals surface area contributed by atoms with E-state index in [4.69, 9.17) is 0 Å². The summed E-state index contributed by atoms with van der Waals surface area (Å²) in [7, 11) is -0.206. The van der Waals surface area contributed by atoms with E-state index < -0.39 is 10.2 Å². The third kappa shape index (κ3) is 3.41. The number of H-pyrrole nitrogens is 1. The first-order valence-electron chi connectivity index (χ1n) is 7.45. The number of nitrogens with zero attached hydrogens (tertiary/aromatic N) is 5. The van der Waals surface area contributed by atoms with Crippen LogP contribution in [0, 0.1) is 5.92 Å². The van der Waals surface area contributed by atoms with E-state index in [9.17, 15) is 8.42 Å². The molecule has 0 saturated carbocycles. The Kier molecular flexibility index (Phi) is 4.42. The maximum absolute atomic E-state index is 12.2. The molecule has 8 nitrogen and oxygen atoms in total. The minimum absolute atomic E-state index is 0.272. The van der Waals surface area contributed by atoms with Gasteiger partial charge >= 0.3 is 0 Å². The summed E-state index contributed by atoms with van der Waals surface area (Å²) >= 11 is 0. The quantitative estimate of drug-likeness (QED) is 0.860. The fraction of sp³-hybridized carbons (Fsp3) is 0.500. The number of rotatable bonds is 5. The predicted octanol–water partition coefficient (Wildman–Crippen LogP) is 0.537. The van der Waals surface area contributed by atoms with Gasteiger partial charge in [-0.15, -0.1) is 0 Å². The first kappa shape index (κ1) is 16.0. The van der Waals surface area contributed by atoms with E-state index in [1.165, 1.54) is 14.9 Å². The minimum Gasteiger partial charge on any atom is -0.276 e. The van der Waals surface area contributed by atoms with Gasteiger partial charge in [0.1, 0.15) is 6.33 Å². The highest BCUT2D eigenvalue weighted by atomic mass is 32.2. The molecule has 1 fully saturated rings. The normalized spacial score (nSPS) is 19.5. The van der Waals surface area contributed by atoms with E-state index in [1.54, 1.807) is 20.3 Å². The molecule has 1 atom stereocenters. The SMILES string of the molecule is CN(C)S(=O)(=O)N1CC[C@H](Cc2cc(-c3ccn[nH]3)ncn2)C1. The van der Waals surface area contributed by atoms with Crippen molar-refractivity contribution in [2.24, 2.45) is 5.92 Å². The molecule has 2 aromatic rings. The monoisotopic (exact) mass is 336 g/mol. The molecule has 0 aliphatic carbocycles. The summed E-state index contributed by atoms with van der Waals surface area (Å²) in [6.07, 6.45) is 4.80. The van der Waals surface area contributed by atoms with Gasteiger partial charge in [-0.2, -0.15) is 22.1 Å². The minimum atomic E-state index is -3.32. The average Bonchev–Trinajstić information content (AvgIpc) is 3.19. The zero-order chi connectivity index (χ0) is 16.4. The second-order valence-electron chi connectivity index (χ2n) is 5.87. The van der Waals surface area contributed by atoms with Crippen molar-refractivity contribution in [3.8, 4) is 11.4 Å². The molecule has 0 aromatic carbocycles. The standard InChI is InChI=1S/C14H20N6O2S/c1-19(2)23(21,22)20-6-4-11(9-20)7-12-8-14(16-10-15-12)13-3-5-17-18-13/h3,5,8,10-11H,4,6-7,9H2,1-2H3,(H,17,18)/t11-/m1/s1. The summed E-state index contributed by atoms with van der Waals surface area (Å²) < 4.78 is 27.1. The highest BCUT2D eigenvalue weighted by Crippen LogP contribution is 2.24. The Bertz CT molecular complexity index is 759. The average molecular weight is 336 g/mol. The topological polar surface area (TPSA) is 95.1 Å². The molecule has 0 spiro atoms. The summed E-state index contributed by atoms with van der Waals surface area (Å²) in [5, 5.41) is 6.80. The molecule has 3 heterocycles. The lowest BCUT2D eigenvalue weighted by Gasteiger charge is -2.20. The molecule has 0 radical (unpaired) electrons. The molecule has 2 aromatic heterocycles. The number of hydrogen-bond acceptors (Lipinski definition) is 5. The summed E-state index contributed by atoms with van der Waals surface area (Å²) in [4.78, 5) is 8.55. The second-order valence-corrected chi connectivity index (χ2v) is 8.01. The van der Waals surface area contributed by atoms with Crippen molar-refractivity contribution < 1.29 is 8.42 Å². The van der Waals surface area contributed by atoms with Gasteiger partial charge in [-0.25, -0.2) is 9.97 Å². The smallest absolute Gasteiger partial charge is 0.276 e. The fourth-order valence-electron chi connectivity index (χ4n) is 2.76. The molecule has 1 aliphatic rings. The van der Waals surface area contributed by atoms with Crippen LogP contribution in [0.2, 0.25) is 0 Å². The Morgan fingerprint density at radius 2 is 2.22 bits per heavy atom. The summed E-state index contributed by atoms with van der Waals surface area (Å²) in [6.45, 7) is 1.09. The van der Waals surface area contributed by atoms with Crippen molar-refractivity contribution in [3.63, 3.8) is 0 Å². The Labute approximate surface area is 135 Å². The van der Waals surface area contributed by atoms with Gasteiger partial charge in [-0.3, -0.25) is 5.10 Å². The van der Waals surface area contributed by atoms with E-state index in [0.29, 0.717) is 13.1 Å². The second kappa shape index (κ2) is 6.34. The summed E-state index contributed by atoms with van der Waals surface area (Å²) in [5.41, 5.74) is 2.55. The van der Waals surface area contributed by atoms with E-state index in [1.807, 2.05) is 12.1 Å². The Hall–Kier alpha value is -1.84. The molecule has 0 amide bonds. The van der Waals surface area contributed by atoms with Crippen molar-refractivity contribution in [2.75, 3.05) is 27.2 Å². The van der Waals surface area contributed by atoms with Crippen LogP contribution < -0.4 is 0 Å². The van der Waals surface area contributed by atoms with Gasteiger partial charge in [-0.1, -0.05) is 0 Å². The van der Waals surface area contributed by atoms with Gasteiger partial charge in [0.15, 0.2) is 0 Å². The highest BCUT2D eigenvalue weighted by Gasteiger charge is 2.32. The van der Waals surface area contributed by atoms with Gasteiger partial charge < -0.3 is 0 Å². The Morgan fingerprint density at radius 1 is 1.39 bits per heavy atom. The number of hydrogen-bond donors (Lipinski definition) is 1. The molecule has 1 N–H and O–H groups in total. The van der Waals surface area contributed by atoms with Crippen LogP contribution in [-0.4, -0.2) is 64.4 Å². The first-order chi connectivity index (χ1) is 11.0. The van der Waals surface area contributed by atoms with Crippen molar-refractivity contribution in [1.82, 2.24) is 28.8 Å². The maximum atomic E-state index is 12.2. The van der Waals surface area contributed by atoms with Gasteiger partial charge in [0.25, 0.3) is 10.2 Å². The Morgan fingerprint density at radius 3 is 2.91 bits per heavy atom. The molecule has 0 unspecified atom stereocenters. The molecule has 3 rings (SSSR count). The van der Waals surface area contributed by atoms with Crippen LogP contribution in [0.4, 0.5) is 0 Å². The zero-order valence-electron chi connectivity index (χ0n) is 13.2. The van der Waals surface area contributed by atoms with Gasteiger partial charge in [0, 0.05) is 39.1 Å². The van der Waals surface area contributed by atoms with Crippen molar-refractivity contribution in [1.29, 1.82) is 0 Å². The van der Waals surface area contributed by atoms with Crippen LogP contribution in [0.25, 0.3) is 11.4 Å². The van der Waals surface area contributed by atoms with Crippen molar-refractivity contribution >= 4 is 10.2 Å². The summed E-state index contributed by atoms with van der Waals surface area (Å²) in [5.74, 6) is 0.272. The van der Waals surface area contributed by atoms with Crippen molar-refractivity contribution in [2.45, 2.75) is 12.8 Å². The first-order valence-corrected chi connectivity index (χ1v) is 8.85. The lowest BCUT2D eigenvalue weighted by molar-refractivity contribution is 0.409. The van der Waals surface area contributed by atoms with Gasteiger partial charge in [0.2, 0.25) is 0 Å². The van der Waals surface area contributed by atoms with Crippen LogP contribution in [0.5, 0.6) is 0 Å². The van der Waals surface area contributed by atoms with Gasteiger partial charge in [0.05, 0.1) is 11.4 Å². The molecule has 124 valence electrons. The Balaban J connectivity index is 1.68. The summed E-state index contributed by atoms with van der Waals surface area (Å²) in [6, 6.07) is 3.78. The largest absolute Gasteiger partial charge is 0.281 e. The molecular formula is C14H20N6O2S. The molecule has 23 heavy (non-hydrogen) atoms. The molecule has 0 bridgehead atoms. The molecule has 1 saturated heterocycles. The van der Waals surface area contributed by atoms with E-state index in [-0.39, 0.29) is 5.92 Å². The molecule has 1 aliphatic heterocycles. The van der Waals surface area contributed by atoms with Crippen LogP contribution in [0.3, 0.4) is 0 Å². The predicted molar refractivity (Wildman–Crippen MR) is 85.6 cm³/mol. The highest BCUT2D eigenvalue weighted by molar-refractivity contribution is 7.86. The number of aromatic nitrogens is 4. The third-order valence-electron chi connectivity index (χ3n) is 4.03. The van der Waals surface area contributed by atoms with Crippen LogP contribution >= 0.6 is 0 Å². The van der Waals surface area contributed by atoms with E-state index in [0.717, 1.165) is 29.9 Å². The van der Waals surface area contributed by atoms with Crippen LogP contribution in [0.15, 0.2) is 24.7 Å². The lowest BCUT2D eigenvalue weighted by atomic mass is 10.0. The molecular weight excluding hydrogens is 316 g/mol. The number of aromatic amines is 1. The maximum Gasteiger partial charge on any atom is 0.281 e. The van der Waals surface area contributed by atoms with E-state index >= 15 is 0 Å². The fourth-order valence-corrected chi connectivity index (χ4v) is 3.95. The third-order valence-corrected chi connectivity index (χ3v) is 5.94. The van der Waals surface area contributed by atoms with Crippen molar-refractivity contribution in [3.05, 3.63) is 30.4 Å². The number of nitrogens with one attached hydrogen (secondary N) is 1. The van der Waals surface area contributed by atoms with Gasteiger partial charge in [-0.05, 0) is 30.9 Å². The zero-order valence-corrected chi connectivity index (χ0v) is 14.0. The van der Waals surface area contributed by atoms with E-state index in [2.05, 4.69) is 20.2 Å². The van der Waals surface area contributed by atoms with Crippen LogP contribution in [0.1, 0.15) is 12.1 Å². The van der Waals surface area contributed by atoms with Crippen LogP contribution in [-0.2, 0) is 16.6 Å². The molecule has 9 heteroatoms. The lowest BCUT2D eigenvalue weighted by Crippen LogP contribution is -2.38.